The van der Waals surface area contributed by atoms with Gasteiger partial charge in [-0.3, -0.25) is 10.1 Å². The van der Waals surface area contributed by atoms with Crippen molar-refractivity contribution >= 4 is 28.5 Å². The number of esters is 1. The molecule has 24 heavy (non-hydrogen) atoms. The number of aromatic amines is 1. The normalized spacial score (nSPS) is 19.9. The van der Waals surface area contributed by atoms with Gasteiger partial charge in [-0.25, -0.2) is 0 Å². The number of benzene rings is 2. The van der Waals surface area contributed by atoms with Crippen molar-refractivity contribution in [1.82, 2.24) is 10.3 Å². The maximum Gasteiger partial charge on any atom is 0.323 e. The summed E-state index contributed by atoms with van der Waals surface area (Å²) in [5.41, 5.74) is 4.40. The maximum atomic E-state index is 12.1. The SMILES string of the molecule is COC(=O)[C@H]1Cc2c([nH]c3ccccc23)[C@@H](c2ccc(Cl)cc2)N1. The van der Waals surface area contributed by atoms with Crippen LogP contribution >= 0.6 is 11.6 Å². The molecule has 4 nitrogen and oxygen atoms in total. The van der Waals surface area contributed by atoms with Crippen LogP contribution in [0.2, 0.25) is 5.02 Å². The Labute approximate surface area is 144 Å². The average molecular weight is 341 g/mol. The standard InChI is InChI=1S/C19H17ClN2O2/c1-24-19(23)16-10-14-13-4-2-3-5-15(13)21-18(14)17(22-16)11-6-8-12(20)9-7-11/h2-9,16-17,21-22H,10H2,1H3/t16-,17-/m1/s1. The van der Waals surface area contributed by atoms with Crippen LogP contribution < -0.4 is 5.32 Å². The molecule has 0 amide bonds. The van der Waals surface area contributed by atoms with E-state index in [4.69, 9.17) is 16.3 Å². The monoisotopic (exact) mass is 340 g/mol. The third-order valence-electron chi connectivity index (χ3n) is 4.60. The number of hydrogen-bond donors (Lipinski definition) is 2. The first-order valence-corrected chi connectivity index (χ1v) is 8.24. The van der Waals surface area contributed by atoms with Gasteiger partial charge in [0.05, 0.1) is 13.2 Å². The number of H-pyrrole nitrogens is 1. The predicted molar refractivity (Wildman–Crippen MR) is 94.2 cm³/mol. The second-order valence-electron chi connectivity index (χ2n) is 5.99. The largest absolute Gasteiger partial charge is 0.468 e. The van der Waals surface area contributed by atoms with Crippen molar-refractivity contribution in [2.45, 2.75) is 18.5 Å². The fourth-order valence-electron chi connectivity index (χ4n) is 3.45. The summed E-state index contributed by atoms with van der Waals surface area (Å²) in [5.74, 6) is -0.245. The number of carbonyl (C=O) groups is 1. The number of methoxy groups -OCH3 is 1. The van der Waals surface area contributed by atoms with Crippen molar-refractivity contribution in [1.29, 1.82) is 0 Å². The first-order chi connectivity index (χ1) is 11.7. The van der Waals surface area contributed by atoms with Gasteiger partial charge in [-0.2, -0.15) is 0 Å². The minimum atomic E-state index is -0.373. The van der Waals surface area contributed by atoms with Crippen molar-refractivity contribution < 1.29 is 9.53 Å². The van der Waals surface area contributed by atoms with Crippen LogP contribution in [-0.4, -0.2) is 24.1 Å². The summed E-state index contributed by atoms with van der Waals surface area (Å²) in [6.45, 7) is 0. The lowest BCUT2D eigenvalue weighted by Gasteiger charge is -2.30. The highest BCUT2D eigenvalue weighted by Gasteiger charge is 2.34. The summed E-state index contributed by atoms with van der Waals surface area (Å²) in [5, 5.41) is 5.25. The van der Waals surface area contributed by atoms with Crippen molar-refractivity contribution in [2.75, 3.05) is 7.11 Å². The molecule has 3 aromatic rings. The fraction of sp³-hybridized carbons (Fsp3) is 0.211. The van der Waals surface area contributed by atoms with E-state index in [0.717, 1.165) is 22.2 Å². The Bertz CT molecular complexity index is 901. The first kappa shape index (κ1) is 15.2. The van der Waals surface area contributed by atoms with Gasteiger partial charge in [0.1, 0.15) is 6.04 Å². The number of nitrogens with one attached hydrogen (secondary N) is 2. The summed E-state index contributed by atoms with van der Waals surface area (Å²) in [4.78, 5) is 15.7. The highest BCUT2D eigenvalue weighted by molar-refractivity contribution is 6.30. The topological polar surface area (TPSA) is 54.1 Å². The molecule has 2 heterocycles. The van der Waals surface area contributed by atoms with Gasteiger partial charge >= 0.3 is 5.97 Å². The summed E-state index contributed by atoms with van der Waals surface area (Å²) in [7, 11) is 1.42. The number of fused-ring (bicyclic) bond motifs is 3. The first-order valence-electron chi connectivity index (χ1n) is 7.86. The molecule has 0 aliphatic carbocycles. The molecule has 0 fully saturated rings. The Morgan fingerprint density at radius 1 is 1.17 bits per heavy atom. The minimum absolute atomic E-state index is 0.109. The molecule has 1 aliphatic heterocycles. The van der Waals surface area contributed by atoms with Gasteiger partial charge in [0, 0.05) is 28.0 Å². The number of aromatic nitrogens is 1. The summed E-state index contributed by atoms with van der Waals surface area (Å²) < 4.78 is 4.96. The Morgan fingerprint density at radius 2 is 1.92 bits per heavy atom. The molecule has 0 unspecified atom stereocenters. The van der Waals surface area contributed by atoms with Crippen LogP contribution in [0, 0.1) is 0 Å². The van der Waals surface area contributed by atoms with Crippen LogP contribution in [0.4, 0.5) is 0 Å². The Morgan fingerprint density at radius 3 is 2.67 bits per heavy atom. The van der Waals surface area contributed by atoms with Crippen molar-refractivity contribution in [3.05, 3.63) is 70.4 Å². The Balaban J connectivity index is 1.86. The third kappa shape index (κ3) is 2.48. The van der Waals surface area contributed by atoms with E-state index < -0.39 is 0 Å². The van der Waals surface area contributed by atoms with Gasteiger partial charge in [-0.05, 0) is 29.3 Å². The zero-order valence-electron chi connectivity index (χ0n) is 13.2. The van der Waals surface area contributed by atoms with Gasteiger partial charge in [-0.1, -0.05) is 41.9 Å². The minimum Gasteiger partial charge on any atom is -0.468 e. The zero-order valence-corrected chi connectivity index (χ0v) is 13.9. The predicted octanol–water partition coefficient (Wildman–Crippen LogP) is 3.60. The molecule has 2 atom stereocenters. The van der Waals surface area contributed by atoms with Gasteiger partial charge in [0.25, 0.3) is 0 Å². The van der Waals surface area contributed by atoms with Crippen molar-refractivity contribution in [3.8, 4) is 0 Å². The van der Waals surface area contributed by atoms with Crippen LogP contribution in [0.15, 0.2) is 48.5 Å². The number of ether oxygens (including phenoxy) is 1. The molecule has 0 saturated heterocycles. The Kier molecular flexibility index (Phi) is 3.79. The Hall–Kier alpha value is -2.30. The van der Waals surface area contributed by atoms with Gasteiger partial charge in [-0.15, -0.1) is 0 Å². The molecule has 0 bridgehead atoms. The second kappa shape index (κ2) is 5.96. The number of hydrogen-bond acceptors (Lipinski definition) is 3. The molecule has 122 valence electrons. The molecular weight excluding hydrogens is 324 g/mol. The number of carbonyl (C=O) groups excluding carboxylic acids is 1. The zero-order chi connectivity index (χ0) is 16.7. The average Bonchev–Trinajstić information content (AvgIpc) is 2.99. The lowest BCUT2D eigenvalue weighted by Crippen LogP contribution is -2.45. The quantitative estimate of drug-likeness (QED) is 0.701. The van der Waals surface area contributed by atoms with E-state index >= 15 is 0 Å². The third-order valence-corrected chi connectivity index (χ3v) is 4.85. The maximum absolute atomic E-state index is 12.1. The number of para-hydroxylation sites is 1. The molecule has 0 spiro atoms. The fourth-order valence-corrected chi connectivity index (χ4v) is 3.57. The van der Waals surface area contributed by atoms with Crippen LogP contribution in [0.1, 0.15) is 22.9 Å². The van der Waals surface area contributed by atoms with E-state index in [0.29, 0.717) is 11.4 Å². The van der Waals surface area contributed by atoms with E-state index in [1.807, 2.05) is 36.4 Å². The van der Waals surface area contributed by atoms with Crippen molar-refractivity contribution in [3.63, 3.8) is 0 Å². The van der Waals surface area contributed by atoms with Gasteiger partial charge < -0.3 is 9.72 Å². The van der Waals surface area contributed by atoms with Crippen molar-refractivity contribution in [2.24, 2.45) is 0 Å². The van der Waals surface area contributed by atoms with E-state index in [9.17, 15) is 4.79 Å². The molecule has 0 radical (unpaired) electrons. The number of rotatable bonds is 2. The summed E-state index contributed by atoms with van der Waals surface area (Å²) >= 11 is 6.01. The van der Waals surface area contributed by atoms with E-state index in [1.54, 1.807) is 0 Å². The summed E-state index contributed by atoms with van der Waals surface area (Å²) in [6, 6.07) is 15.4. The van der Waals surface area contributed by atoms with Gasteiger partial charge in [0.2, 0.25) is 0 Å². The molecule has 2 aromatic carbocycles. The lowest BCUT2D eigenvalue weighted by molar-refractivity contribution is -0.143. The highest BCUT2D eigenvalue weighted by atomic mass is 35.5. The smallest absolute Gasteiger partial charge is 0.323 e. The lowest BCUT2D eigenvalue weighted by atomic mass is 9.90. The van der Waals surface area contributed by atoms with E-state index in [-0.39, 0.29) is 18.1 Å². The molecule has 4 rings (SSSR count). The second-order valence-corrected chi connectivity index (χ2v) is 6.43. The number of halogens is 1. The molecule has 0 saturated carbocycles. The van der Waals surface area contributed by atoms with Crippen LogP contribution in [-0.2, 0) is 16.0 Å². The highest BCUT2D eigenvalue weighted by Crippen LogP contribution is 2.35. The molecule has 1 aliphatic rings. The van der Waals surface area contributed by atoms with Crippen LogP contribution in [0.25, 0.3) is 10.9 Å². The molecule has 1 aromatic heterocycles. The summed E-state index contributed by atoms with van der Waals surface area (Å²) in [6.07, 6.45) is 0.607. The van der Waals surface area contributed by atoms with E-state index in [1.165, 1.54) is 12.7 Å². The molecule has 5 heteroatoms. The van der Waals surface area contributed by atoms with Gasteiger partial charge in [0.15, 0.2) is 0 Å². The molecule has 2 N–H and O–H groups in total. The van der Waals surface area contributed by atoms with E-state index in [2.05, 4.69) is 22.4 Å². The molecular formula is C19H17ClN2O2. The van der Waals surface area contributed by atoms with Crippen LogP contribution in [0.5, 0.6) is 0 Å². The van der Waals surface area contributed by atoms with Crippen LogP contribution in [0.3, 0.4) is 0 Å².